The summed E-state index contributed by atoms with van der Waals surface area (Å²) in [5.74, 6) is -0.0310. The molecule has 0 spiro atoms. The van der Waals surface area contributed by atoms with Crippen LogP contribution in [0, 0.1) is 0 Å². The van der Waals surface area contributed by atoms with Crippen LogP contribution in [0.15, 0.2) is 23.8 Å². The minimum absolute atomic E-state index is 0.0310. The van der Waals surface area contributed by atoms with Crippen molar-refractivity contribution in [2.45, 2.75) is 24.8 Å². The first-order chi connectivity index (χ1) is 6.26. The maximum Gasteiger partial charge on any atom is 0.248 e. The number of hydrogen-bond acceptors (Lipinski definition) is 2. The van der Waals surface area contributed by atoms with Gasteiger partial charge in [-0.2, -0.15) is 0 Å². The minimum Gasteiger partial charge on any atom is -0.394 e. The predicted molar refractivity (Wildman–Crippen MR) is 49.0 cm³/mol. The number of rotatable bonds is 3. The number of amides is 1. The van der Waals surface area contributed by atoms with Crippen molar-refractivity contribution in [3.63, 3.8) is 0 Å². The van der Waals surface area contributed by atoms with Crippen LogP contribution in [-0.2, 0) is 4.79 Å². The van der Waals surface area contributed by atoms with E-state index in [1.807, 2.05) is 18.2 Å². The van der Waals surface area contributed by atoms with Gasteiger partial charge in [0, 0.05) is 5.57 Å². The topological polar surface area (TPSA) is 49.3 Å². The molecule has 0 aromatic heterocycles. The fourth-order valence-electron chi connectivity index (χ4n) is 1.41. The first-order valence-electron chi connectivity index (χ1n) is 4.55. The quantitative estimate of drug-likeness (QED) is 0.663. The van der Waals surface area contributed by atoms with E-state index in [-0.39, 0.29) is 18.1 Å². The van der Waals surface area contributed by atoms with E-state index in [1.54, 1.807) is 0 Å². The van der Waals surface area contributed by atoms with E-state index in [0.717, 1.165) is 18.4 Å². The Labute approximate surface area is 77.1 Å². The van der Waals surface area contributed by atoms with Crippen LogP contribution < -0.4 is 5.32 Å². The Hall–Kier alpha value is -1.09. The second kappa shape index (κ2) is 3.00. The summed E-state index contributed by atoms with van der Waals surface area (Å²) in [4.78, 5) is 11.5. The lowest BCUT2D eigenvalue weighted by Crippen LogP contribution is -2.40. The monoisotopic (exact) mass is 179 g/mol. The van der Waals surface area contributed by atoms with Gasteiger partial charge in [0.15, 0.2) is 0 Å². The molecule has 0 aromatic carbocycles. The van der Waals surface area contributed by atoms with Gasteiger partial charge in [-0.15, -0.1) is 0 Å². The molecule has 0 atom stereocenters. The molecule has 0 heterocycles. The van der Waals surface area contributed by atoms with Gasteiger partial charge in [0.25, 0.3) is 0 Å². The van der Waals surface area contributed by atoms with Crippen molar-refractivity contribution in [1.29, 1.82) is 0 Å². The highest BCUT2D eigenvalue weighted by Gasteiger charge is 2.43. The van der Waals surface area contributed by atoms with Gasteiger partial charge < -0.3 is 10.4 Å². The van der Waals surface area contributed by atoms with Gasteiger partial charge in [0.05, 0.1) is 12.1 Å². The third-order valence-corrected chi connectivity index (χ3v) is 2.60. The molecule has 3 heteroatoms. The van der Waals surface area contributed by atoms with Crippen LogP contribution in [0.2, 0.25) is 0 Å². The molecule has 3 nitrogen and oxygen atoms in total. The standard InChI is InChI=1S/C10H13NO2/c12-7-10(5-6-10)11-9(13)8-3-1-2-4-8/h1-3,12H,4-7H2,(H,11,13). The smallest absolute Gasteiger partial charge is 0.248 e. The molecule has 0 unspecified atom stereocenters. The van der Waals surface area contributed by atoms with Crippen LogP contribution >= 0.6 is 0 Å². The maximum atomic E-state index is 11.5. The molecule has 2 aliphatic rings. The highest BCUT2D eigenvalue weighted by Crippen LogP contribution is 2.35. The van der Waals surface area contributed by atoms with Crippen molar-refractivity contribution >= 4 is 5.91 Å². The Balaban J connectivity index is 1.92. The van der Waals surface area contributed by atoms with E-state index < -0.39 is 0 Å². The molecule has 1 fully saturated rings. The van der Waals surface area contributed by atoms with E-state index in [4.69, 9.17) is 5.11 Å². The summed E-state index contributed by atoms with van der Waals surface area (Å²) >= 11 is 0. The second-order valence-electron chi connectivity index (χ2n) is 3.72. The Morgan fingerprint density at radius 3 is 2.85 bits per heavy atom. The maximum absolute atomic E-state index is 11.5. The number of aliphatic hydroxyl groups excluding tert-OH is 1. The molecular formula is C10H13NO2. The van der Waals surface area contributed by atoms with Crippen molar-refractivity contribution in [3.8, 4) is 0 Å². The number of nitrogens with one attached hydrogen (secondary N) is 1. The molecule has 1 saturated carbocycles. The van der Waals surface area contributed by atoms with Crippen LogP contribution in [-0.4, -0.2) is 23.2 Å². The Morgan fingerprint density at radius 2 is 2.38 bits per heavy atom. The molecular weight excluding hydrogens is 166 g/mol. The lowest BCUT2D eigenvalue weighted by atomic mass is 10.2. The molecule has 0 aliphatic heterocycles. The zero-order valence-electron chi connectivity index (χ0n) is 7.42. The summed E-state index contributed by atoms with van der Waals surface area (Å²) in [5.41, 5.74) is 0.500. The van der Waals surface area contributed by atoms with Crippen molar-refractivity contribution in [2.24, 2.45) is 0 Å². The lowest BCUT2D eigenvalue weighted by Gasteiger charge is -2.14. The number of carbonyl (C=O) groups excluding carboxylic acids is 1. The Bertz CT molecular complexity index is 287. The fraction of sp³-hybridized carbons (Fsp3) is 0.500. The van der Waals surface area contributed by atoms with Gasteiger partial charge in [-0.25, -0.2) is 0 Å². The zero-order chi connectivity index (χ0) is 9.31. The molecule has 2 aliphatic carbocycles. The van der Waals surface area contributed by atoms with Crippen molar-refractivity contribution < 1.29 is 9.90 Å². The summed E-state index contributed by atoms with van der Waals surface area (Å²) in [6.07, 6.45) is 8.17. The SMILES string of the molecule is O=C(NC1(CO)CC1)C1=CC=CC1. The number of carbonyl (C=O) groups is 1. The molecule has 0 aromatic rings. The molecule has 70 valence electrons. The summed E-state index contributed by atoms with van der Waals surface area (Å²) in [6, 6.07) is 0. The molecule has 2 rings (SSSR count). The molecule has 0 radical (unpaired) electrons. The van der Waals surface area contributed by atoms with Crippen LogP contribution in [0.1, 0.15) is 19.3 Å². The Morgan fingerprint density at radius 1 is 1.62 bits per heavy atom. The van der Waals surface area contributed by atoms with Crippen LogP contribution in [0.5, 0.6) is 0 Å². The summed E-state index contributed by atoms with van der Waals surface area (Å²) in [7, 11) is 0. The molecule has 1 amide bonds. The highest BCUT2D eigenvalue weighted by molar-refractivity contribution is 5.95. The largest absolute Gasteiger partial charge is 0.394 e. The lowest BCUT2D eigenvalue weighted by molar-refractivity contribution is -0.118. The molecule has 0 saturated heterocycles. The van der Waals surface area contributed by atoms with Gasteiger partial charge in [0.1, 0.15) is 0 Å². The van der Waals surface area contributed by atoms with Gasteiger partial charge in [0.2, 0.25) is 5.91 Å². The van der Waals surface area contributed by atoms with Crippen molar-refractivity contribution in [2.75, 3.05) is 6.61 Å². The zero-order valence-corrected chi connectivity index (χ0v) is 7.42. The molecule has 2 N–H and O–H groups in total. The third kappa shape index (κ3) is 1.65. The van der Waals surface area contributed by atoms with Crippen molar-refractivity contribution in [1.82, 2.24) is 5.32 Å². The van der Waals surface area contributed by atoms with E-state index in [2.05, 4.69) is 5.32 Å². The van der Waals surface area contributed by atoms with Crippen LogP contribution in [0.25, 0.3) is 0 Å². The molecule has 0 bridgehead atoms. The van der Waals surface area contributed by atoms with E-state index in [0.29, 0.717) is 6.42 Å². The number of hydrogen-bond donors (Lipinski definition) is 2. The van der Waals surface area contributed by atoms with Crippen LogP contribution in [0.4, 0.5) is 0 Å². The van der Waals surface area contributed by atoms with Gasteiger partial charge in [-0.1, -0.05) is 18.2 Å². The first kappa shape index (κ1) is 8.51. The van der Waals surface area contributed by atoms with Crippen LogP contribution in [0.3, 0.4) is 0 Å². The number of aliphatic hydroxyl groups is 1. The average molecular weight is 179 g/mol. The predicted octanol–water partition coefficient (Wildman–Crippen LogP) is 0.514. The summed E-state index contributed by atoms with van der Waals surface area (Å²) in [5, 5.41) is 11.9. The first-order valence-corrected chi connectivity index (χ1v) is 4.55. The van der Waals surface area contributed by atoms with Gasteiger partial charge in [-0.3, -0.25) is 4.79 Å². The Kier molecular flexibility index (Phi) is 1.96. The number of allylic oxidation sites excluding steroid dienone is 3. The van der Waals surface area contributed by atoms with Crippen molar-refractivity contribution in [3.05, 3.63) is 23.8 Å². The third-order valence-electron chi connectivity index (χ3n) is 2.60. The van der Waals surface area contributed by atoms with Gasteiger partial charge >= 0.3 is 0 Å². The minimum atomic E-state index is -0.291. The average Bonchev–Trinajstić information content (AvgIpc) is 2.69. The normalized spacial score (nSPS) is 22.7. The van der Waals surface area contributed by atoms with E-state index in [1.165, 1.54) is 0 Å². The summed E-state index contributed by atoms with van der Waals surface area (Å²) < 4.78 is 0. The highest BCUT2D eigenvalue weighted by atomic mass is 16.3. The van der Waals surface area contributed by atoms with Gasteiger partial charge in [-0.05, 0) is 19.3 Å². The van der Waals surface area contributed by atoms with E-state index >= 15 is 0 Å². The molecule has 13 heavy (non-hydrogen) atoms. The fourth-order valence-corrected chi connectivity index (χ4v) is 1.41. The van der Waals surface area contributed by atoms with E-state index in [9.17, 15) is 4.79 Å². The second-order valence-corrected chi connectivity index (χ2v) is 3.72. The summed E-state index contributed by atoms with van der Waals surface area (Å²) in [6.45, 7) is 0.0550.